The van der Waals surface area contributed by atoms with Gasteiger partial charge in [0, 0.05) is 12.1 Å². The number of aryl methyl sites for hydroxylation is 1. The zero-order chi connectivity index (χ0) is 16.9. The second kappa shape index (κ2) is 7.36. The summed E-state index contributed by atoms with van der Waals surface area (Å²) in [6.07, 6.45) is 1.86. The summed E-state index contributed by atoms with van der Waals surface area (Å²) in [6, 6.07) is 14.0. The minimum absolute atomic E-state index is 0.637. The topological polar surface area (TPSA) is 79.1 Å². The largest absolute Gasteiger partial charge is 0.491 e. The Balaban J connectivity index is 2.03. The van der Waals surface area contributed by atoms with Crippen molar-refractivity contribution in [2.45, 2.75) is 26.3 Å². The van der Waals surface area contributed by atoms with Crippen LogP contribution >= 0.6 is 0 Å². The van der Waals surface area contributed by atoms with Crippen LogP contribution in [0, 0.1) is 0 Å². The lowest BCUT2D eigenvalue weighted by atomic mass is 10.1. The molecule has 0 saturated heterocycles. The molecule has 3 rings (SSSR count). The number of para-hydroxylation sites is 2. The third-order valence-electron chi connectivity index (χ3n) is 3.97. The first-order valence-corrected chi connectivity index (χ1v) is 8.42. The van der Waals surface area contributed by atoms with Gasteiger partial charge in [-0.3, -0.25) is 0 Å². The maximum atomic E-state index is 6.16. The van der Waals surface area contributed by atoms with Crippen LogP contribution in [0.4, 0.5) is 5.69 Å². The van der Waals surface area contributed by atoms with Crippen molar-refractivity contribution in [3.63, 3.8) is 0 Å². The van der Waals surface area contributed by atoms with Gasteiger partial charge in [0.05, 0.1) is 23.3 Å². The van der Waals surface area contributed by atoms with Crippen molar-refractivity contribution in [2.75, 3.05) is 18.9 Å². The molecule has 126 valence electrons. The molecule has 24 heavy (non-hydrogen) atoms. The molecule has 0 aliphatic rings. The van der Waals surface area contributed by atoms with Crippen LogP contribution in [0.15, 0.2) is 42.5 Å². The van der Waals surface area contributed by atoms with Crippen LogP contribution < -0.4 is 16.2 Å². The summed E-state index contributed by atoms with van der Waals surface area (Å²) < 4.78 is 7.87. The Morgan fingerprint density at radius 3 is 2.75 bits per heavy atom. The molecule has 5 heteroatoms. The molecule has 5 nitrogen and oxygen atoms in total. The van der Waals surface area contributed by atoms with Crippen molar-refractivity contribution < 1.29 is 4.74 Å². The summed E-state index contributed by atoms with van der Waals surface area (Å²) in [5, 5.41) is 0. The van der Waals surface area contributed by atoms with Gasteiger partial charge >= 0.3 is 0 Å². The number of benzene rings is 2. The van der Waals surface area contributed by atoms with Crippen molar-refractivity contribution in [1.29, 1.82) is 0 Å². The highest BCUT2D eigenvalue weighted by atomic mass is 16.5. The molecule has 0 amide bonds. The van der Waals surface area contributed by atoms with Crippen molar-refractivity contribution in [3.05, 3.63) is 42.5 Å². The molecule has 2 aromatic carbocycles. The first-order valence-electron chi connectivity index (χ1n) is 8.42. The molecule has 1 aromatic heterocycles. The van der Waals surface area contributed by atoms with Gasteiger partial charge in [0.15, 0.2) is 0 Å². The zero-order valence-electron chi connectivity index (χ0n) is 14.0. The van der Waals surface area contributed by atoms with E-state index in [0.29, 0.717) is 18.8 Å². The molecule has 0 radical (unpaired) electrons. The van der Waals surface area contributed by atoms with Gasteiger partial charge in [-0.25, -0.2) is 4.98 Å². The monoisotopic (exact) mass is 324 g/mol. The van der Waals surface area contributed by atoms with Crippen LogP contribution in [-0.2, 0) is 6.54 Å². The van der Waals surface area contributed by atoms with Crippen LogP contribution in [-0.4, -0.2) is 22.7 Å². The third-order valence-corrected chi connectivity index (χ3v) is 3.97. The lowest BCUT2D eigenvalue weighted by Crippen LogP contribution is -2.07. The molecule has 0 aliphatic heterocycles. The second-order valence-corrected chi connectivity index (χ2v) is 5.82. The number of hydrogen-bond acceptors (Lipinski definition) is 4. The second-order valence-electron chi connectivity index (χ2n) is 5.82. The summed E-state index contributed by atoms with van der Waals surface area (Å²) in [5.74, 6) is 1.64. The molecule has 0 spiro atoms. The van der Waals surface area contributed by atoms with Crippen LogP contribution in [0.25, 0.3) is 22.4 Å². The van der Waals surface area contributed by atoms with E-state index in [1.807, 2.05) is 36.4 Å². The standard InChI is InChI=1S/C19H24N4O/c1-2-12-24-18-9-8-14(13-15(18)21)19-22-16-6-3-4-7-17(16)23(19)11-5-10-20/h3-4,6-9,13H,2,5,10-12,20-21H2,1H3. The summed E-state index contributed by atoms with van der Waals surface area (Å²) in [6.45, 7) is 4.22. The van der Waals surface area contributed by atoms with E-state index < -0.39 is 0 Å². The lowest BCUT2D eigenvalue weighted by molar-refractivity contribution is 0.319. The summed E-state index contributed by atoms with van der Waals surface area (Å²) in [7, 11) is 0. The van der Waals surface area contributed by atoms with E-state index in [1.54, 1.807) is 0 Å². The van der Waals surface area contributed by atoms with E-state index in [1.165, 1.54) is 0 Å². The fourth-order valence-corrected chi connectivity index (χ4v) is 2.80. The van der Waals surface area contributed by atoms with E-state index in [2.05, 4.69) is 17.6 Å². The number of anilines is 1. The normalized spacial score (nSPS) is 11.1. The van der Waals surface area contributed by atoms with Gasteiger partial charge in [-0.05, 0) is 49.7 Å². The maximum absolute atomic E-state index is 6.16. The molecule has 0 unspecified atom stereocenters. The van der Waals surface area contributed by atoms with Gasteiger partial charge in [0.25, 0.3) is 0 Å². The summed E-state index contributed by atoms with van der Waals surface area (Å²) in [4.78, 5) is 4.79. The van der Waals surface area contributed by atoms with Crippen molar-refractivity contribution in [2.24, 2.45) is 5.73 Å². The number of nitrogens with two attached hydrogens (primary N) is 2. The predicted molar refractivity (Wildman–Crippen MR) is 99.0 cm³/mol. The average Bonchev–Trinajstić information content (AvgIpc) is 2.97. The fraction of sp³-hybridized carbons (Fsp3) is 0.316. The van der Waals surface area contributed by atoms with E-state index >= 15 is 0 Å². The van der Waals surface area contributed by atoms with Gasteiger partial charge in [0.2, 0.25) is 0 Å². The number of rotatable bonds is 7. The quantitative estimate of drug-likeness (QED) is 0.653. The van der Waals surface area contributed by atoms with Gasteiger partial charge < -0.3 is 20.8 Å². The van der Waals surface area contributed by atoms with Gasteiger partial charge in [-0.15, -0.1) is 0 Å². The lowest BCUT2D eigenvalue weighted by Gasteiger charge is -2.11. The molecular weight excluding hydrogens is 300 g/mol. The molecule has 4 N–H and O–H groups in total. The average molecular weight is 324 g/mol. The number of nitrogens with zero attached hydrogens (tertiary/aromatic N) is 2. The van der Waals surface area contributed by atoms with E-state index in [0.717, 1.165) is 47.6 Å². The molecule has 0 fully saturated rings. The molecule has 1 heterocycles. The molecule has 3 aromatic rings. The van der Waals surface area contributed by atoms with Crippen molar-refractivity contribution >= 4 is 16.7 Å². The fourth-order valence-electron chi connectivity index (χ4n) is 2.80. The summed E-state index contributed by atoms with van der Waals surface area (Å²) in [5.41, 5.74) is 15.6. The Morgan fingerprint density at radius 1 is 1.17 bits per heavy atom. The molecule has 0 aliphatic carbocycles. The minimum Gasteiger partial charge on any atom is -0.491 e. The molecule has 0 saturated carbocycles. The highest BCUT2D eigenvalue weighted by Gasteiger charge is 2.13. The van der Waals surface area contributed by atoms with Crippen molar-refractivity contribution in [1.82, 2.24) is 9.55 Å². The molecule has 0 atom stereocenters. The van der Waals surface area contributed by atoms with Crippen molar-refractivity contribution in [3.8, 4) is 17.1 Å². The first-order chi connectivity index (χ1) is 11.7. The van der Waals surface area contributed by atoms with Crippen LogP contribution in [0.3, 0.4) is 0 Å². The minimum atomic E-state index is 0.637. The SMILES string of the molecule is CCCOc1ccc(-c2nc3ccccc3n2CCCN)cc1N. The smallest absolute Gasteiger partial charge is 0.142 e. The third kappa shape index (κ3) is 3.21. The number of fused-ring (bicyclic) bond motifs is 1. The molecule has 0 bridgehead atoms. The van der Waals surface area contributed by atoms with Crippen LogP contribution in [0.5, 0.6) is 5.75 Å². The summed E-state index contributed by atoms with van der Waals surface area (Å²) >= 11 is 0. The Hall–Kier alpha value is -2.53. The van der Waals surface area contributed by atoms with Gasteiger partial charge in [-0.2, -0.15) is 0 Å². The van der Waals surface area contributed by atoms with E-state index in [9.17, 15) is 0 Å². The highest BCUT2D eigenvalue weighted by molar-refractivity contribution is 5.81. The van der Waals surface area contributed by atoms with E-state index in [4.69, 9.17) is 21.2 Å². The highest BCUT2D eigenvalue weighted by Crippen LogP contribution is 2.30. The first kappa shape index (κ1) is 16.3. The van der Waals surface area contributed by atoms with Crippen LogP contribution in [0.2, 0.25) is 0 Å². The Kier molecular flexibility index (Phi) is 5.01. The van der Waals surface area contributed by atoms with Gasteiger partial charge in [-0.1, -0.05) is 19.1 Å². The number of imidazole rings is 1. The Labute approximate surface area is 142 Å². The van der Waals surface area contributed by atoms with E-state index in [-0.39, 0.29) is 0 Å². The number of nitrogen functional groups attached to an aromatic ring is 1. The molecular formula is C19H24N4O. The van der Waals surface area contributed by atoms with Gasteiger partial charge in [0.1, 0.15) is 11.6 Å². The number of aromatic nitrogens is 2. The predicted octanol–water partition coefficient (Wildman–Crippen LogP) is 3.42. The van der Waals surface area contributed by atoms with Crippen LogP contribution in [0.1, 0.15) is 19.8 Å². The zero-order valence-corrected chi connectivity index (χ0v) is 14.0. The maximum Gasteiger partial charge on any atom is 0.142 e. The Morgan fingerprint density at radius 2 is 2.00 bits per heavy atom. The number of hydrogen-bond donors (Lipinski definition) is 2. The number of ether oxygens (including phenoxy) is 1. The Bertz CT molecular complexity index is 825.